The van der Waals surface area contributed by atoms with E-state index in [4.69, 9.17) is 0 Å². The number of guanidine groups is 1. The second-order valence-corrected chi connectivity index (χ2v) is 7.18. The molecule has 3 rings (SSSR count). The fourth-order valence-electron chi connectivity index (χ4n) is 2.72. The SMILES string of the molecule is CN=C(NCc1cccc(N2CC=CC2)c1)NCc1csc(N(C)C)n1.I. The molecular weight excluding hydrogens is 471 g/mol. The Kier molecular flexibility index (Phi) is 8.36. The van der Waals surface area contributed by atoms with E-state index in [2.05, 4.69) is 67.3 Å². The van der Waals surface area contributed by atoms with Crippen LogP contribution in [0.4, 0.5) is 10.8 Å². The summed E-state index contributed by atoms with van der Waals surface area (Å²) < 4.78 is 0. The molecule has 0 saturated carbocycles. The number of halogens is 1. The predicted octanol–water partition coefficient (Wildman–Crippen LogP) is 3.07. The third-order valence-electron chi connectivity index (χ3n) is 4.14. The van der Waals surface area contributed by atoms with Gasteiger partial charge in [-0.25, -0.2) is 4.98 Å². The molecule has 0 radical (unpaired) electrons. The number of hydrogen-bond acceptors (Lipinski definition) is 5. The van der Waals surface area contributed by atoms with Gasteiger partial charge in [0, 0.05) is 51.8 Å². The molecule has 0 unspecified atom stereocenters. The molecule has 1 aromatic heterocycles. The van der Waals surface area contributed by atoms with Gasteiger partial charge in [-0.15, -0.1) is 35.3 Å². The van der Waals surface area contributed by atoms with Crippen molar-refractivity contribution < 1.29 is 0 Å². The molecule has 2 N–H and O–H groups in total. The van der Waals surface area contributed by atoms with Gasteiger partial charge in [0.25, 0.3) is 0 Å². The number of nitrogens with zero attached hydrogens (tertiary/aromatic N) is 4. The Morgan fingerprint density at radius 1 is 1.22 bits per heavy atom. The number of aliphatic imine (C=N–C) groups is 1. The summed E-state index contributed by atoms with van der Waals surface area (Å²) in [6, 6.07) is 8.64. The largest absolute Gasteiger partial charge is 0.364 e. The minimum Gasteiger partial charge on any atom is -0.364 e. The quantitative estimate of drug-likeness (QED) is 0.278. The standard InChI is InChI=1S/C19H26N6S.HI/c1-20-18(22-13-16-14-26-19(23-16)24(2)3)21-12-15-7-6-8-17(11-15)25-9-4-5-10-25;/h4-8,11,14H,9-10,12-13H2,1-3H3,(H2,20,21,22);1H. The van der Waals surface area contributed by atoms with Crippen LogP contribution in [-0.4, -0.2) is 45.2 Å². The number of hydrogen-bond donors (Lipinski definition) is 2. The number of thiazole rings is 1. The average Bonchev–Trinajstić information content (AvgIpc) is 3.34. The van der Waals surface area contributed by atoms with Crippen LogP contribution in [0.3, 0.4) is 0 Å². The van der Waals surface area contributed by atoms with Crippen molar-refractivity contribution >= 4 is 52.1 Å². The molecule has 1 aliphatic rings. The first kappa shape index (κ1) is 21.5. The summed E-state index contributed by atoms with van der Waals surface area (Å²) in [5.74, 6) is 0.776. The van der Waals surface area contributed by atoms with Gasteiger partial charge in [-0.1, -0.05) is 24.3 Å². The highest BCUT2D eigenvalue weighted by atomic mass is 127. The third-order valence-corrected chi connectivity index (χ3v) is 5.19. The second-order valence-electron chi connectivity index (χ2n) is 6.34. The molecule has 146 valence electrons. The maximum Gasteiger partial charge on any atom is 0.191 e. The van der Waals surface area contributed by atoms with E-state index in [1.54, 1.807) is 18.4 Å². The number of anilines is 2. The second kappa shape index (κ2) is 10.5. The lowest BCUT2D eigenvalue weighted by Crippen LogP contribution is -2.36. The van der Waals surface area contributed by atoms with Gasteiger partial charge in [0.2, 0.25) is 0 Å². The first-order valence-electron chi connectivity index (χ1n) is 8.71. The predicted molar refractivity (Wildman–Crippen MR) is 127 cm³/mol. The fraction of sp³-hybridized carbons (Fsp3) is 0.368. The summed E-state index contributed by atoms with van der Waals surface area (Å²) in [6.07, 6.45) is 4.41. The van der Waals surface area contributed by atoms with E-state index in [9.17, 15) is 0 Å². The van der Waals surface area contributed by atoms with E-state index in [0.717, 1.165) is 36.4 Å². The van der Waals surface area contributed by atoms with Crippen molar-refractivity contribution in [2.75, 3.05) is 44.0 Å². The number of nitrogens with one attached hydrogen (secondary N) is 2. The van der Waals surface area contributed by atoms with Gasteiger partial charge in [0.1, 0.15) is 0 Å². The van der Waals surface area contributed by atoms with Gasteiger partial charge in [0.15, 0.2) is 11.1 Å². The Hall–Kier alpha value is -1.81. The van der Waals surface area contributed by atoms with Crippen molar-refractivity contribution in [3.63, 3.8) is 0 Å². The van der Waals surface area contributed by atoms with Crippen molar-refractivity contribution in [3.8, 4) is 0 Å². The van der Waals surface area contributed by atoms with Crippen molar-refractivity contribution in [1.29, 1.82) is 0 Å². The number of benzene rings is 1. The Balaban J connectivity index is 0.00000261. The van der Waals surface area contributed by atoms with Crippen LogP contribution in [0.5, 0.6) is 0 Å². The van der Waals surface area contributed by atoms with Crippen LogP contribution in [0.1, 0.15) is 11.3 Å². The normalized spacial score (nSPS) is 13.4. The van der Waals surface area contributed by atoms with E-state index in [0.29, 0.717) is 6.54 Å². The molecule has 0 aliphatic carbocycles. The Morgan fingerprint density at radius 3 is 2.63 bits per heavy atom. The van der Waals surface area contributed by atoms with E-state index < -0.39 is 0 Å². The molecule has 0 saturated heterocycles. The molecule has 0 amide bonds. The highest BCUT2D eigenvalue weighted by Crippen LogP contribution is 2.19. The van der Waals surface area contributed by atoms with E-state index in [1.165, 1.54) is 11.3 Å². The maximum atomic E-state index is 4.58. The molecule has 0 atom stereocenters. The number of rotatable bonds is 6. The zero-order valence-electron chi connectivity index (χ0n) is 16.0. The van der Waals surface area contributed by atoms with Crippen molar-refractivity contribution in [2.45, 2.75) is 13.1 Å². The molecule has 8 heteroatoms. The summed E-state index contributed by atoms with van der Waals surface area (Å²) in [5, 5.41) is 9.78. The maximum absolute atomic E-state index is 4.58. The Labute approximate surface area is 182 Å². The molecule has 1 aromatic carbocycles. The zero-order valence-corrected chi connectivity index (χ0v) is 19.1. The van der Waals surface area contributed by atoms with E-state index in [1.807, 2.05) is 19.0 Å². The van der Waals surface area contributed by atoms with Crippen LogP contribution in [0, 0.1) is 0 Å². The molecule has 0 fully saturated rings. The zero-order chi connectivity index (χ0) is 18.4. The third kappa shape index (κ3) is 6.10. The smallest absolute Gasteiger partial charge is 0.191 e. The minimum absolute atomic E-state index is 0. The summed E-state index contributed by atoms with van der Waals surface area (Å²) in [4.78, 5) is 13.2. The first-order chi connectivity index (χ1) is 12.7. The summed E-state index contributed by atoms with van der Waals surface area (Å²) >= 11 is 1.65. The van der Waals surface area contributed by atoms with Crippen LogP contribution in [0.25, 0.3) is 0 Å². The van der Waals surface area contributed by atoms with Gasteiger partial charge in [0.05, 0.1) is 12.2 Å². The van der Waals surface area contributed by atoms with E-state index in [-0.39, 0.29) is 24.0 Å². The van der Waals surface area contributed by atoms with Gasteiger partial charge in [-0.05, 0) is 17.7 Å². The highest BCUT2D eigenvalue weighted by molar-refractivity contribution is 14.0. The molecule has 2 heterocycles. The Bertz CT molecular complexity index is 778. The van der Waals surface area contributed by atoms with Crippen molar-refractivity contribution in [1.82, 2.24) is 15.6 Å². The molecule has 0 bridgehead atoms. The van der Waals surface area contributed by atoms with Gasteiger partial charge < -0.3 is 20.4 Å². The molecular formula is C19H27IN6S. The summed E-state index contributed by atoms with van der Waals surface area (Å²) in [5.41, 5.74) is 3.52. The van der Waals surface area contributed by atoms with Gasteiger partial charge in [-0.2, -0.15) is 0 Å². The molecule has 2 aromatic rings. The summed E-state index contributed by atoms with van der Waals surface area (Å²) in [6.45, 7) is 3.36. The van der Waals surface area contributed by atoms with Crippen LogP contribution >= 0.6 is 35.3 Å². The highest BCUT2D eigenvalue weighted by Gasteiger charge is 2.08. The lowest BCUT2D eigenvalue weighted by Gasteiger charge is -2.19. The molecule has 27 heavy (non-hydrogen) atoms. The van der Waals surface area contributed by atoms with Gasteiger partial charge in [-0.3, -0.25) is 4.99 Å². The number of aromatic nitrogens is 1. The summed E-state index contributed by atoms with van der Waals surface area (Å²) in [7, 11) is 5.79. The molecule has 0 spiro atoms. The lowest BCUT2D eigenvalue weighted by molar-refractivity contribution is 0.797. The van der Waals surface area contributed by atoms with E-state index >= 15 is 0 Å². The van der Waals surface area contributed by atoms with Crippen LogP contribution in [0.2, 0.25) is 0 Å². The van der Waals surface area contributed by atoms with Crippen LogP contribution in [0.15, 0.2) is 46.8 Å². The topological polar surface area (TPSA) is 55.8 Å². The van der Waals surface area contributed by atoms with Crippen LogP contribution in [-0.2, 0) is 13.1 Å². The molecule has 1 aliphatic heterocycles. The lowest BCUT2D eigenvalue weighted by atomic mass is 10.2. The Morgan fingerprint density at radius 2 is 1.96 bits per heavy atom. The van der Waals surface area contributed by atoms with Crippen molar-refractivity contribution in [2.24, 2.45) is 4.99 Å². The minimum atomic E-state index is 0. The fourth-order valence-corrected chi connectivity index (χ4v) is 3.47. The van der Waals surface area contributed by atoms with Crippen molar-refractivity contribution in [3.05, 3.63) is 53.1 Å². The first-order valence-corrected chi connectivity index (χ1v) is 9.59. The monoisotopic (exact) mass is 498 g/mol. The van der Waals surface area contributed by atoms with Crippen LogP contribution < -0.4 is 20.4 Å². The van der Waals surface area contributed by atoms with Gasteiger partial charge >= 0.3 is 0 Å². The average molecular weight is 498 g/mol. The molecule has 6 nitrogen and oxygen atoms in total.